The molecule has 0 heterocycles. The fourth-order valence-electron chi connectivity index (χ4n) is 1.48. The van der Waals surface area contributed by atoms with E-state index in [0.717, 1.165) is 10.8 Å². The van der Waals surface area contributed by atoms with Gasteiger partial charge in [-0.1, -0.05) is 43.0 Å². The number of hydrogen-bond donors (Lipinski definition) is 2. The molecule has 0 radical (unpaired) electrons. The van der Waals surface area contributed by atoms with Crippen LogP contribution < -0.4 is 0 Å². The number of benzene rings is 2. The van der Waals surface area contributed by atoms with E-state index in [-0.39, 0.29) is 5.90 Å². The molecule has 4 heteroatoms. The molecule has 2 rings (SSSR count). The lowest BCUT2D eigenvalue weighted by Gasteiger charge is -2.04. The van der Waals surface area contributed by atoms with Gasteiger partial charge in [-0.2, -0.15) is 0 Å². The van der Waals surface area contributed by atoms with Crippen molar-refractivity contribution in [2.24, 2.45) is 0 Å². The molecule has 0 aliphatic carbocycles. The molecule has 0 atom stereocenters. The zero-order valence-electron chi connectivity index (χ0n) is 8.31. The maximum absolute atomic E-state index is 10.6. The zero-order valence-corrected chi connectivity index (χ0v) is 9.20. The molecule has 0 aliphatic heterocycles. The van der Waals surface area contributed by atoms with Gasteiger partial charge in [0, 0.05) is 5.56 Å². The van der Waals surface area contributed by atoms with Gasteiger partial charge in [-0.25, -0.2) is 4.79 Å². The Balaban J connectivity index is 2.39. The van der Waals surface area contributed by atoms with Crippen molar-refractivity contribution in [1.29, 1.82) is 5.41 Å². The summed E-state index contributed by atoms with van der Waals surface area (Å²) < 4.78 is 4.59. The Labute approximate surface area is 98.0 Å². The Morgan fingerprint density at radius 2 is 1.81 bits per heavy atom. The highest BCUT2D eigenvalue weighted by Crippen LogP contribution is 2.16. The normalized spacial score (nSPS) is 10.1. The van der Waals surface area contributed by atoms with Crippen LogP contribution in [0.3, 0.4) is 0 Å². The maximum Gasteiger partial charge on any atom is 0.370 e. The van der Waals surface area contributed by atoms with Crippen molar-refractivity contribution < 1.29 is 9.53 Å². The Bertz CT molecular complexity index is 566. The average Bonchev–Trinajstić information content (AvgIpc) is 2.27. The molecule has 0 fully saturated rings. The van der Waals surface area contributed by atoms with Gasteiger partial charge in [-0.15, -0.1) is 0 Å². The minimum atomic E-state index is -0.779. The number of thiol groups is 1. The van der Waals surface area contributed by atoms with Gasteiger partial charge in [0.2, 0.25) is 5.90 Å². The number of hydrogen-bond acceptors (Lipinski definition) is 3. The number of rotatable bonds is 1. The van der Waals surface area contributed by atoms with Gasteiger partial charge in [-0.3, -0.25) is 5.41 Å². The van der Waals surface area contributed by atoms with Crippen molar-refractivity contribution in [3.8, 4) is 0 Å². The van der Waals surface area contributed by atoms with E-state index in [1.54, 1.807) is 12.1 Å². The van der Waals surface area contributed by atoms with Gasteiger partial charge in [0.05, 0.1) is 0 Å². The lowest BCUT2D eigenvalue weighted by molar-refractivity contribution is 0.225. The third-order valence-electron chi connectivity index (χ3n) is 2.20. The second-order valence-electron chi connectivity index (χ2n) is 3.26. The third-order valence-corrected chi connectivity index (χ3v) is 2.29. The minimum absolute atomic E-state index is 0.189. The summed E-state index contributed by atoms with van der Waals surface area (Å²) in [4.78, 5) is 10.6. The summed E-state index contributed by atoms with van der Waals surface area (Å²) in [7, 11) is 0. The average molecular weight is 231 g/mol. The topological polar surface area (TPSA) is 50.1 Å². The highest BCUT2D eigenvalue weighted by Gasteiger charge is 2.06. The fourth-order valence-corrected chi connectivity index (χ4v) is 1.57. The molecule has 0 aliphatic rings. The Hall–Kier alpha value is -1.81. The van der Waals surface area contributed by atoms with E-state index in [4.69, 9.17) is 5.41 Å². The molecule has 0 bridgehead atoms. The van der Waals surface area contributed by atoms with Gasteiger partial charge in [0.15, 0.2) is 0 Å². The van der Waals surface area contributed by atoms with Crippen molar-refractivity contribution in [3.05, 3.63) is 48.0 Å². The molecule has 0 saturated carbocycles. The summed E-state index contributed by atoms with van der Waals surface area (Å²) in [6.45, 7) is 0. The van der Waals surface area contributed by atoms with Crippen LogP contribution in [0.5, 0.6) is 0 Å². The van der Waals surface area contributed by atoms with Crippen LogP contribution in [0, 0.1) is 5.41 Å². The number of nitrogens with one attached hydrogen (secondary N) is 1. The molecule has 3 nitrogen and oxygen atoms in total. The smallest absolute Gasteiger partial charge is 0.370 e. The molecule has 80 valence electrons. The van der Waals surface area contributed by atoms with E-state index in [9.17, 15) is 4.79 Å². The number of ether oxygens (including phenoxy) is 1. The van der Waals surface area contributed by atoms with Crippen LogP contribution in [0.15, 0.2) is 42.5 Å². The second kappa shape index (κ2) is 4.37. The SMILES string of the molecule is N=C(OC(=O)S)c1ccc2ccccc2c1. The highest BCUT2D eigenvalue weighted by molar-refractivity contribution is 7.96. The molecule has 0 spiro atoms. The van der Waals surface area contributed by atoms with Crippen molar-refractivity contribution in [3.63, 3.8) is 0 Å². The predicted molar refractivity (Wildman–Crippen MR) is 66.2 cm³/mol. The lowest BCUT2D eigenvalue weighted by atomic mass is 10.1. The summed E-state index contributed by atoms with van der Waals surface area (Å²) in [5.41, 5.74) is 0.557. The summed E-state index contributed by atoms with van der Waals surface area (Å²) in [6.07, 6.45) is 0. The lowest BCUT2D eigenvalue weighted by Crippen LogP contribution is -2.06. The van der Waals surface area contributed by atoms with Crippen LogP contribution >= 0.6 is 12.6 Å². The van der Waals surface area contributed by atoms with Crippen molar-refractivity contribution in [1.82, 2.24) is 0 Å². The van der Waals surface area contributed by atoms with Crippen LogP contribution in [-0.2, 0) is 4.74 Å². The van der Waals surface area contributed by atoms with E-state index in [1.165, 1.54) is 0 Å². The molecule has 0 unspecified atom stereocenters. The molecule has 2 aromatic rings. The first-order chi connectivity index (χ1) is 7.66. The van der Waals surface area contributed by atoms with Crippen molar-refractivity contribution >= 4 is 34.6 Å². The van der Waals surface area contributed by atoms with E-state index >= 15 is 0 Å². The zero-order chi connectivity index (χ0) is 11.5. The van der Waals surface area contributed by atoms with Crippen LogP contribution in [0.4, 0.5) is 4.79 Å². The Morgan fingerprint density at radius 1 is 1.12 bits per heavy atom. The van der Waals surface area contributed by atoms with Gasteiger partial charge >= 0.3 is 5.30 Å². The molecule has 0 aromatic heterocycles. The predicted octanol–water partition coefficient (Wildman–Crippen LogP) is 3.23. The van der Waals surface area contributed by atoms with Gasteiger partial charge in [0.25, 0.3) is 0 Å². The van der Waals surface area contributed by atoms with Crippen LogP contribution in [0.2, 0.25) is 0 Å². The quantitative estimate of drug-likeness (QED) is 0.342. The largest absolute Gasteiger partial charge is 0.399 e. The van der Waals surface area contributed by atoms with Crippen LogP contribution in [-0.4, -0.2) is 11.2 Å². The summed E-state index contributed by atoms with van der Waals surface area (Å²) in [5.74, 6) is -0.189. The molecule has 16 heavy (non-hydrogen) atoms. The van der Waals surface area contributed by atoms with Gasteiger partial charge in [0.1, 0.15) is 0 Å². The van der Waals surface area contributed by atoms with Crippen LogP contribution in [0.25, 0.3) is 10.8 Å². The van der Waals surface area contributed by atoms with E-state index in [0.29, 0.717) is 5.56 Å². The maximum atomic E-state index is 10.6. The van der Waals surface area contributed by atoms with E-state index in [1.807, 2.05) is 30.3 Å². The fraction of sp³-hybridized carbons (Fsp3) is 0. The highest BCUT2D eigenvalue weighted by atomic mass is 32.1. The molecule has 1 N–H and O–H groups in total. The van der Waals surface area contributed by atoms with E-state index < -0.39 is 5.30 Å². The first-order valence-electron chi connectivity index (χ1n) is 4.65. The molecule has 2 aromatic carbocycles. The van der Waals surface area contributed by atoms with Crippen LogP contribution in [0.1, 0.15) is 5.56 Å². The van der Waals surface area contributed by atoms with E-state index in [2.05, 4.69) is 17.4 Å². The number of carbonyl (C=O) groups is 1. The molecular weight excluding hydrogens is 222 g/mol. The summed E-state index contributed by atoms with van der Waals surface area (Å²) >= 11 is 3.46. The summed E-state index contributed by atoms with van der Waals surface area (Å²) in [6, 6.07) is 13.2. The second-order valence-corrected chi connectivity index (χ2v) is 3.62. The third kappa shape index (κ3) is 2.23. The summed E-state index contributed by atoms with van der Waals surface area (Å²) in [5, 5.41) is 8.84. The Kier molecular flexibility index (Phi) is 2.92. The minimum Gasteiger partial charge on any atom is -0.399 e. The van der Waals surface area contributed by atoms with Gasteiger partial charge in [-0.05, 0) is 22.9 Å². The first-order valence-corrected chi connectivity index (χ1v) is 5.10. The Morgan fingerprint density at radius 3 is 2.50 bits per heavy atom. The first kappa shape index (κ1) is 10.7. The molecule has 0 amide bonds. The number of carbonyl (C=O) groups excluding carboxylic acids is 1. The van der Waals surface area contributed by atoms with Crippen molar-refractivity contribution in [2.45, 2.75) is 0 Å². The van der Waals surface area contributed by atoms with Crippen molar-refractivity contribution in [2.75, 3.05) is 0 Å². The standard InChI is InChI=1S/C12H9NO2S/c13-11(15-12(14)16)10-6-5-8-3-1-2-4-9(8)7-10/h1-7,13H,(H,14,16). The van der Waals surface area contributed by atoms with Gasteiger partial charge < -0.3 is 4.74 Å². The molecular formula is C12H9NO2S. The number of fused-ring (bicyclic) bond motifs is 1. The molecule has 0 saturated heterocycles. The monoisotopic (exact) mass is 231 g/mol.